The van der Waals surface area contributed by atoms with Crippen LogP contribution in [0.25, 0.3) is 10.9 Å². The van der Waals surface area contributed by atoms with Crippen molar-refractivity contribution in [3.63, 3.8) is 0 Å². The van der Waals surface area contributed by atoms with E-state index in [2.05, 4.69) is 43.5 Å². The predicted octanol–water partition coefficient (Wildman–Crippen LogP) is 5.70. The fourth-order valence-electron chi connectivity index (χ4n) is 2.02. The van der Waals surface area contributed by atoms with Gasteiger partial charge in [-0.3, -0.25) is 0 Å². The molecule has 3 rings (SSSR count). The maximum absolute atomic E-state index is 6.27. The van der Waals surface area contributed by atoms with Crippen LogP contribution in [0.3, 0.4) is 0 Å². The maximum atomic E-state index is 6.27. The molecule has 1 aliphatic carbocycles. The molecule has 0 N–H and O–H groups in total. The lowest BCUT2D eigenvalue weighted by Gasteiger charge is -2.16. The first-order valence-corrected chi connectivity index (χ1v) is 9.13. The number of nitrogens with zero attached hydrogens (tertiary/aromatic N) is 1. The highest BCUT2D eigenvalue weighted by Gasteiger charge is 2.42. The molecule has 0 aliphatic heterocycles. The highest BCUT2D eigenvalue weighted by atomic mass is 127. The molecule has 0 spiro atoms. The van der Waals surface area contributed by atoms with Crippen LogP contribution in [-0.4, -0.2) is 16.9 Å². The van der Waals surface area contributed by atoms with Crippen LogP contribution in [0.1, 0.15) is 12.8 Å². The highest BCUT2D eigenvalue weighted by Crippen LogP contribution is 2.48. The molecule has 0 saturated heterocycles. The molecule has 1 aromatic carbocycles. The van der Waals surface area contributed by atoms with Crippen molar-refractivity contribution >= 4 is 72.6 Å². The molecule has 0 unspecified atom stereocenters. The van der Waals surface area contributed by atoms with Gasteiger partial charge in [-0.15, -0.1) is 0 Å². The fraction of sp³-hybridized carbons (Fsp3) is 0.357. The lowest BCUT2D eigenvalue weighted by molar-refractivity contribution is 0.252. The number of hydrogen-bond acceptors (Lipinski definition) is 2. The Morgan fingerprint density at radius 3 is 2.75 bits per heavy atom. The SMILES string of the molecule is Clc1ccc2c(Cl)cc(I)c(OCC3(CBr)CC3)c2n1. The van der Waals surface area contributed by atoms with Gasteiger partial charge >= 0.3 is 0 Å². The third-order valence-corrected chi connectivity index (χ3v) is 6.08. The van der Waals surface area contributed by atoms with Crippen molar-refractivity contribution in [3.8, 4) is 5.75 Å². The Morgan fingerprint density at radius 2 is 2.10 bits per heavy atom. The lowest BCUT2D eigenvalue weighted by Crippen LogP contribution is -2.15. The Kier molecular flexibility index (Phi) is 4.37. The molecule has 2 aromatic rings. The second-order valence-electron chi connectivity index (χ2n) is 5.12. The van der Waals surface area contributed by atoms with Crippen LogP contribution in [0.15, 0.2) is 18.2 Å². The van der Waals surface area contributed by atoms with Crippen LogP contribution in [0.2, 0.25) is 10.2 Å². The Balaban J connectivity index is 2.02. The molecule has 6 heteroatoms. The number of hydrogen-bond donors (Lipinski definition) is 0. The van der Waals surface area contributed by atoms with E-state index in [0.29, 0.717) is 16.8 Å². The van der Waals surface area contributed by atoms with Gasteiger partial charge in [-0.25, -0.2) is 4.98 Å². The molecule has 1 fully saturated rings. The number of ether oxygens (including phenoxy) is 1. The summed E-state index contributed by atoms with van der Waals surface area (Å²) >= 11 is 18.1. The summed E-state index contributed by atoms with van der Waals surface area (Å²) in [7, 11) is 0. The molecule has 1 heterocycles. The molecule has 0 atom stereocenters. The average Bonchev–Trinajstić information content (AvgIpc) is 3.18. The quantitative estimate of drug-likeness (QED) is 0.314. The largest absolute Gasteiger partial charge is 0.490 e. The van der Waals surface area contributed by atoms with Gasteiger partial charge in [0.2, 0.25) is 0 Å². The normalized spacial score (nSPS) is 16.4. The van der Waals surface area contributed by atoms with Crippen molar-refractivity contribution in [1.82, 2.24) is 4.98 Å². The van der Waals surface area contributed by atoms with E-state index >= 15 is 0 Å². The first kappa shape index (κ1) is 15.1. The van der Waals surface area contributed by atoms with Gasteiger partial charge in [0.1, 0.15) is 10.7 Å². The minimum atomic E-state index is 0.285. The van der Waals surface area contributed by atoms with Crippen LogP contribution in [0, 0.1) is 8.99 Å². The monoisotopic (exact) mass is 485 g/mol. The van der Waals surface area contributed by atoms with Crippen LogP contribution >= 0.6 is 61.7 Å². The average molecular weight is 487 g/mol. The van der Waals surface area contributed by atoms with Gasteiger partial charge in [0.05, 0.1) is 15.2 Å². The smallest absolute Gasteiger partial charge is 0.159 e. The summed E-state index contributed by atoms with van der Waals surface area (Å²) in [4.78, 5) is 4.38. The van der Waals surface area contributed by atoms with E-state index in [0.717, 1.165) is 25.6 Å². The fourth-order valence-corrected chi connectivity index (χ4v) is 4.06. The third kappa shape index (κ3) is 2.89. The zero-order valence-corrected chi connectivity index (χ0v) is 15.7. The van der Waals surface area contributed by atoms with Crippen molar-refractivity contribution in [3.05, 3.63) is 31.9 Å². The van der Waals surface area contributed by atoms with Crippen LogP contribution in [-0.2, 0) is 0 Å². The number of halogens is 4. The molecular weight excluding hydrogens is 476 g/mol. The van der Waals surface area contributed by atoms with Gasteiger partial charge in [0.25, 0.3) is 0 Å². The van der Waals surface area contributed by atoms with Gasteiger partial charge in [0, 0.05) is 16.1 Å². The number of pyridine rings is 1. The number of alkyl halides is 1. The maximum Gasteiger partial charge on any atom is 0.159 e. The second-order valence-corrected chi connectivity index (χ2v) is 7.64. The molecule has 1 aliphatic rings. The minimum Gasteiger partial charge on any atom is -0.490 e. The predicted molar refractivity (Wildman–Crippen MR) is 95.4 cm³/mol. The van der Waals surface area contributed by atoms with Gasteiger partial charge in [0.15, 0.2) is 5.75 Å². The van der Waals surface area contributed by atoms with Crippen molar-refractivity contribution in [1.29, 1.82) is 0 Å². The van der Waals surface area contributed by atoms with Gasteiger partial charge < -0.3 is 4.74 Å². The first-order chi connectivity index (χ1) is 9.54. The summed E-state index contributed by atoms with van der Waals surface area (Å²) in [5.74, 6) is 0.778. The van der Waals surface area contributed by atoms with Crippen molar-refractivity contribution in [2.24, 2.45) is 5.41 Å². The van der Waals surface area contributed by atoms with Crippen LogP contribution in [0.4, 0.5) is 0 Å². The van der Waals surface area contributed by atoms with E-state index in [1.807, 2.05) is 12.1 Å². The van der Waals surface area contributed by atoms with E-state index < -0.39 is 0 Å². The first-order valence-electron chi connectivity index (χ1n) is 6.18. The zero-order chi connectivity index (χ0) is 14.3. The Labute approximate surface area is 149 Å². The van der Waals surface area contributed by atoms with Crippen LogP contribution < -0.4 is 4.74 Å². The van der Waals surface area contributed by atoms with E-state index in [1.54, 1.807) is 6.07 Å². The van der Waals surface area contributed by atoms with E-state index in [9.17, 15) is 0 Å². The minimum absolute atomic E-state index is 0.285. The molecular formula is C14H11BrCl2INO. The number of fused-ring (bicyclic) bond motifs is 1. The molecule has 2 nitrogen and oxygen atoms in total. The summed E-state index contributed by atoms with van der Waals surface area (Å²) in [6, 6.07) is 5.53. The summed E-state index contributed by atoms with van der Waals surface area (Å²) in [5, 5.41) is 2.95. The Hall–Kier alpha value is 0.220. The van der Waals surface area contributed by atoms with Crippen molar-refractivity contribution < 1.29 is 4.74 Å². The Morgan fingerprint density at radius 1 is 1.35 bits per heavy atom. The van der Waals surface area contributed by atoms with Crippen LogP contribution in [0.5, 0.6) is 5.75 Å². The molecule has 0 radical (unpaired) electrons. The van der Waals surface area contributed by atoms with Crippen molar-refractivity contribution in [2.75, 3.05) is 11.9 Å². The number of rotatable bonds is 4. The molecule has 1 aromatic heterocycles. The summed E-state index contributed by atoms with van der Waals surface area (Å²) in [5.41, 5.74) is 1.02. The third-order valence-electron chi connectivity index (χ3n) is 3.57. The number of benzene rings is 1. The second kappa shape index (κ2) is 5.78. The highest BCUT2D eigenvalue weighted by molar-refractivity contribution is 14.1. The molecule has 0 bridgehead atoms. The lowest BCUT2D eigenvalue weighted by atomic mass is 10.1. The van der Waals surface area contributed by atoms with Gasteiger partial charge in [-0.1, -0.05) is 39.1 Å². The standard InChI is InChI=1S/C14H11BrCl2INO/c15-6-14(3-4-14)7-20-13-10(18)5-9(16)8-1-2-11(17)19-12(8)13/h1-2,5H,3-4,6-7H2. The van der Waals surface area contributed by atoms with E-state index in [4.69, 9.17) is 27.9 Å². The van der Waals surface area contributed by atoms with Gasteiger partial charge in [-0.2, -0.15) is 0 Å². The zero-order valence-electron chi connectivity index (χ0n) is 10.4. The van der Waals surface area contributed by atoms with E-state index in [-0.39, 0.29) is 5.41 Å². The Bertz CT molecular complexity index is 676. The molecule has 0 amide bonds. The van der Waals surface area contributed by atoms with Gasteiger partial charge in [-0.05, 0) is 53.6 Å². The topological polar surface area (TPSA) is 22.1 Å². The number of aromatic nitrogens is 1. The van der Waals surface area contributed by atoms with E-state index in [1.165, 1.54) is 12.8 Å². The van der Waals surface area contributed by atoms with Crippen molar-refractivity contribution in [2.45, 2.75) is 12.8 Å². The summed E-state index contributed by atoms with van der Waals surface area (Å²) in [6.45, 7) is 0.694. The summed E-state index contributed by atoms with van der Waals surface area (Å²) in [6.07, 6.45) is 2.41. The molecule has 20 heavy (non-hydrogen) atoms. The molecule has 1 saturated carbocycles. The summed E-state index contributed by atoms with van der Waals surface area (Å²) < 4.78 is 7.02. The molecule has 106 valence electrons.